The van der Waals surface area contributed by atoms with Crippen molar-refractivity contribution in [3.05, 3.63) is 65.7 Å². The Morgan fingerprint density at radius 1 is 0.968 bits per heavy atom. The normalized spacial score (nSPS) is 14.0. The molecular formula is C24H25ClN4O2. The molecule has 0 atom stereocenters. The van der Waals surface area contributed by atoms with Crippen LogP contribution < -0.4 is 15.0 Å². The topological polar surface area (TPSA) is 67.3 Å². The number of para-hydroxylation sites is 1. The molecule has 1 aliphatic rings. The van der Waals surface area contributed by atoms with E-state index in [0.717, 1.165) is 30.2 Å². The Morgan fingerprint density at radius 3 is 2.52 bits per heavy atom. The van der Waals surface area contributed by atoms with Crippen LogP contribution in [0.2, 0.25) is 5.02 Å². The zero-order chi connectivity index (χ0) is 21.5. The lowest BCUT2D eigenvalue weighted by Gasteiger charge is -2.20. The largest absolute Gasteiger partial charge is 0.482 e. The van der Waals surface area contributed by atoms with E-state index < -0.39 is 0 Å². The molecule has 3 aromatic rings. The summed E-state index contributed by atoms with van der Waals surface area (Å²) in [6, 6.07) is 18.6. The van der Waals surface area contributed by atoms with Crippen LogP contribution >= 0.6 is 11.6 Å². The second-order valence-corrected chi connectivity index (χ2v) is 7.93. The third-order valence-electron chi connectivity index (χ3n) is 5.22. The molecule has 1 aliphatic heterocycles. The molecule has 31 heavy (non-hydrogen) atoms. The molecule has 0 aliphatic carbocycles. The quantitative estimate of drug-likeness (QED) is 0.575. The minimum Gasteiger partial charge on any atom is -0.482 e. The summed E-state index contributed by atoms with van der Waals surface area (Å²) in [4.78, 5) is 14.6. The van der Waals surface area contributed by atoms with Gasteiger partial charge < -0.3 is 15.0 Å². The predicted octanol–water partition coefficient (Wildman–Crippen LogP) is 5.19. The summed E-state index contributed by atoms with van der Waals surface area (Å²) in [5.74, 6) is 1.14. The number of amides is 1. The number of nitrogens with zero attached hydrogens (tertiary/aromatic N) is 3. The minimum absolute atomic E-state index is 0.127. The molecule has 1 fully saturated rings. The molecule has 2 heterocycles. The maximum absolute atomic E-state index is 12.3. The van der Waals surface area contributed by atoms with Gasteiger partial charge in [-0.15, -0.1) is 10.2 Å². The summed E-state index contributed by atoms with van der Waals surface area (Å²) in [6.07, 6.45) is 4.96. The van der Waals surface area contributed by atoms with Crippen LogP contribution in [0.3, 0.4) is 0 Å². The van der Waals surface area contributed by atoms with Crippen LogP contribution in [0.5, 0.6) is 5.75 Å². The van der Waals surface area contributed by atoms with E-state index >= 15 is 0 Å². The third-order valence-corrected chi connectivity index (χ3v) is 5.53. The number of halogens is 1. The Bertz CT molecular complexity index is 1020. The van der Waals surface area contributed by atoms with Crippen LogP contribution in [-0.4, -0.2) is 35.8 Å². The van der Waals surface area contributed by atoms with Gasteiger partial charge >= 0.3 is 0 Å². The van der Waals surface area contributed by atoms with Gasteiger partial charge in [0.2, 0.25) is 0 Å². The molecule has 0 radical (unpaired) electrons. The lowest BCUT2D eigenvalue weighted by molar-refractivity contribution is -0.118. The number of anilines is 2. The van der Waals surface area contributed by atoms with E-state index in [1.165, 1.54) is 25.7 Å². The van der Waals surface area contributed by atoms with Crippen molar-refractivity contribution in [2.24, 2.45) is 0 Å². The van der Waals surface area contributed by atoms with E-state index in [1.54, 1.807) is 12.1 Å². The molecule has 6 nitrogen and oxygen atoms in total. The number of nitrogens with one attached hydrogen (secondary N) is 1. The average molecular weight is 437 g/mol. The van der Waals surface area contributed by atoms with Crippen LogP contribution in [0.1, 0.15) is 25.7 Å². The lowest BCUT2D eigenvalue weighted by Crippen LogP contribution is -2.25. The average Bonchev–Trinajstić information content (AvgIpc) is 3.09. The maximum atomic E-state index is 12.3. The first kappa shape index (κ1) is 21.1. The van der Waals surface area contributed by atoms with Crippen molar-refractivity contribution in [1.29, 1.82) is 0 Å². The number of carbonyl (C=O) groups excluding carboxylic acids is 1. The first-order valence-corrected chi connectivity index (χ1v) is 10.9. The number of hydrogen-bond acceptors (Lipinski definition) is 5. The summed E-state index contributed by atoms with van der Waals surface area (Å²) in [7, 11) is 0. The molecule has 1 N–H and O–H groups in total. The van der Waals surface area contributed by atoms with Crippen LogP contribution in [0, 0.1) is 0 Å². The highest BCUT2D eigenvalue weighted by Gasteiger charge is 2.12. The summed E-state index contributed by atoms with van der Waals surface area (Å²) in [5.41, 5.74) is 2.32. The number of rotatable bonds is 6. The van der Waals surface area contributed by atoms with Gasteiger partial charge in [0.25, 0.3) is 5.91 Å². The fourth-order valence-corrected chi connectivity index (χ4v) is 3.80. The summed E-state index contributed by atoms with van der Waals surface area (Å²) in [6.45, 7) is 1.94. The fraction of sp³-hybridized carbons (Fsp3) is 0.292. The molecule has 160 valence electrons. The van der Waals surface area contributed by atoms with E-state index in [-0.39, 0.29) is 12.5 Å². The molecule has 0 spiro atoms. The molecule has 4 rings (SSSR count). The SMILES string of the molecule is O=C(COc1ccccc1Cl)Nc1cccc(-c2ccc(N3CCCCCC3)nn2)c1. The molecule has 0 unspecified atom stereocenters. The molecule has 1 saturated heterocycles. The second kappa shape index (κ2) is 10.3. The Morgan fingerprint density at radius 2 is 1.77 bits per heavy atom. The van der Waals surface area contributed by atoms with Crippen molar-refractivity contribution >= 4 is 29.0 Å². The Labute approximate surface area is 187 Å². The van der Waals surface area contributed by atoms with Crippen molar-refractivity contribution in [2.45, 2.75) is 25.7 Å². The Kier molecular flexibility index (Phi) is 6.99. The zero-order valence-electron chi connectivity index (χ0n) is 17.3. The standard InChI is InChI=1S/C24H25ClN4O2/c25-20-10-3-4-11-22(20)31-17-24(30)26-19-9-7-8-18(16-19)21-12-13-23(28-27-21)29-14-5-1-2-6-15-29/h3-4,7-13,16H,1-2,5-6,14-15,17H2,(H,26,30). The van der Waals surface area contributed by atoms with Crippen molar-refractivity contribution in [3.63, 3.8) is 0 Å². The number of ether oxygens (including phenoxy) is 1. The minimum atomic E-state index is -0.264. The van der Waals surface area contributed by atoms with Crippen molar-refractivity contribution in [1.82, 2.24) is 10.2 Å². The second-order valence-electron chi connectivity index (χ2n) is 7.53. The van der Waals surface area contributed by atoms with Crippen LogP contribution in [0.4, 0.5) is 11.5 Å². The molecule has 1 amide bonds. The van der Waals surface area contributed by atoms with Crippen molar-refractivity contribution in [3.8, 4) is 17.0 Å². The highest BCUT2D eigenvalue weighted by Crippen LogP contribution is 2.24. The fourth-order valence-electron chi connectivity index (χ4n) is 3.61. The van der Waals surface area contributed by atoms with Crippen molar-refractivity contribution in [2.75, 3.05) is 29.9 Å². The van der Waals surface area contributed by atoms with E-state index in [0.29, 0.717) is 16.5 Å². The Hall–Kier alpha value is -3.12. The predicted molar refractivity (Wildman–Crippen MR) is 124 cm³/mol. The number of aromatic nitrogens is 2. The summed E-state index contributed by atoms with van der Waals surface area (Å²) >= 11 is 6.05. The summed E-state index contributed by atoms with van der Waals surface area (Å²) in [5, 5.41) is 12.2. The summed E-state index contributed by atoms with van der Waals surface area (Å²) < 4.78 is 5.49. The molecule has 2 aromatic carbocycles. The van der Waals surface area contributed by atoms with Crippen LogP contribution in [-0.2, 0) is 4.79 Å². The van der Waals surface area contributed by atoms with Gasteiger partial charge in [-0.3, -0.25) is 4.79 Å². The van der Waals surface area contributed by atoms with Gasteiger partial charge in [-0.1, -0.05) is 48.7 Å². The van der Waals surface area contributed by atoms with Gasteiger partial charge in [-0.25, -0.2) is 0 Å². The molecule has 0 bridgehead atoms. The zero-order valence-corrected chi connectivity index (χ0v) is 18.0. The van der Waals surface area contributed by atoms with Gasteiger partial charge in [0, 0.05) is 24.3 Å². The van der Waals surface area contributed by atoms with Crippen LogP contribution in [0.25, 0.3) is 11.3 Å². The maximum Gasteiger partial charge on any atom is 0.262 e. The molecular weight excluding hydrogens is 412 g/mol. The van der Waals surface area contributed by atoms with Gasteiger partial charge in [0.1, 0.15) is 5.75 Å². The van der Waals surface area contributed by atoms with Gasteiger partial charge in [0.05, 0.1) is 10.7 Å². The van der Waals surface area contributed by atoms with Gasteiger partial charge in [-0.2, -0.15) is 0 Å². The van der Waals surface area contributed by atoms with E-state index in [9.17, 15) is 4.79 Å². The van der Waals surface area contributed by atoms with E-state index in [4.69, 9.17) is 16.3 Å². The van der Waals surface area contributed by atoms with Crippen molar-refractivity contribution < 1.29 is 9.53 Å². The highest BCUT2D eigenvalue weighted by atomic mass is 35.5. The lowest BCUT2D eigenvalue weighted by atomic mass is 10.1. The van der Waals surface area contributed by atoms with Gasteiger partial charge in [0.15, 0.2) is 12.4 Å². The van der Waals surface area contributed by atoms with E-state index in [1.807, 2.05) is 48.5 Å². The Balaban J connectivity index is 1.38. The van der Waals surface area contributed by atoms with E-state index in [2.05, 4.69) is 20.4 Å². The molecule has 7 heteroatoms. The molecule has 0 saturated carbocycles. The highest BCUT2D eigenvalue weighted by molar-refractivity contribution is 6.32. The monoisotopic (exact) mass is 436 g/mol. The molecule has 1 aromatic heterocycles. The number of benzene rings is 2. The first-order valence-electron chi connectivity index (χ1n) is 10.6. The van der Waals surface area contributed by atoms with Gasteiger partial charge in [-0.05, 0) is 49.2 Å². The number of carbonyl (C=O) groups is 1. The third kappa shape index (κ3) is 5.73. The van der Waals surface area contributed by atoms with Crippen LogP contribution in [0.15, 0.2) is 60.7 Å². The first-order chi connectivity index (χ1) is 15.2. The number of hydrogen-bond donors (Lipinski definition) is 1. The smallest absolute Gasteiger partial charge is 0.262 e.